The van der Waals surface area contributed by atoms with E-state index >= 15 is 0 Å². The highest BCUT2D eigenvalue weighted by molar-refractivity contribution is 5.66. The van der Waals surface area contributed by atoms with Crippen LogP contribution < -0.4 is 10.5 Å². The second-order valence-electron chi connectivity index (χ2n) is 5.87. The lowest BCUT2D eigenvalue weighted by molar-refractivity contribution is -0.138. The fraction of sp³-hybridized carbons (Fsp3) is 0.143. The topological polar surface area (TPSA) is 35.2 Å². The van der Waals surface area contributed by atoms with Gasteiger partial charge >= 0.3 is 6.18 Å². The number of ether oxygens (including phenoxy) is 1. The zero-order valence-corrected chi connectivity index (χ0v) is 14.0. The van der Waals surface area contributed by atoms with E-state index in [9.17, 15) is 13.2 Å². The summed E-state index contributed by atoms with van der Waals surface area (Å²) < 4.78 is 45.2. The predicted octanol–water partition coefficient (Wildman–Crippen LogP) is 5.41. The average molecular weight is 357 g/mol. The van der Waals surface area contributed by atoms with Crippen molar-refractivity contribution in [1.82, 2.24) is 0 Å². The van der Waals surface area contributed by atoms with Gasteiger partial charge < -0.3 is 10.5 Å². The Morgan fingerprint density at radius 3 is 2.08 bits per heavy atom. The molecule has 0 bridgehead atoms. The standard InChI is InChI=1S/C21H18F3NO/c22-21(23,24)20-12-17(6-7-18(20)13-25)16-8-10-19(11-9-16)26-14-15-4-2-1-3-5-15/h1-12H,13-14,25H2. The van der Waals surface area contributed by atoms with Crippen LogP contribution in [0.15, 0.2) is 72.8 Å². The quantitative estimate of drug-likeness (QED) is 0.663. The zero-order chi connectivity index (χ0) is 18.6. The average Bonchev–Trinajstić information content (AvgIpc) is 2.66. The molecule has 0 aromatic heterocycles. The second kappa shape index (κ2) is 7.62. The number of benzene rings is 3. The van der Waals surface area contributed by atoms with E-state index in [0.29, 0.717) is 23.5 Å². The van der Waals surface area contributed by atoms with Gasteiger partial charge in [-0.15, -0.1) is 0 Å². The maximum Gasteiger partial charge on any atom is 0.416 e. The van der Waals surface area contributed by atoms with Gasteiger partial charge in [0, 0.05) is 6.54 Å². The first-order chi connectivity index (χ1) is 12.5. The van der Waals surface area contributed by atoms with Crippen LogP contribution in [0.25, 0.3) is 11.1 Å². The van der Waals surface area contributed by atoms with E-state index in [1.165, 1.54) is 6.07 Å². The van der Waals surface area contributed by atoms with Crippen molar-refractivity contribution in [1.29, 1.82) is 0 Å². The number of alkyl halides is 3. The first-order valence-electron chi connectivity index (χ1n) is 8.15. The molecular weight excluding hydrogens is 339 g/mol. The Bertz CT molecular complexity index is 859. The molecule has 0 aliphatic carbocycles. The van der Waals surface area contributed by atoms with Crippen molar-refractivity contribution >= 4 is 0 Å². The highest BCUT2D eigenvalue weighted by atomic mass is 19.4. The van der Waals surface area contributed by atoms with Gasteiger partial charge in [-0.25, -0.2) is 0 Å². The Kier molecular flexibility index (Phi) is 5.28. The van der Waals surface area contributed by atoms with Gasteiger partial charge in [0.25, 0.3) is 0 Å². The van der Waals surface area contributed by atoms with Gasteiger partial charge in [-0.3, -0.25) is 0 Å². The van der Waals surface area contributed by atoms with Crippen molar-refractivity contribution in [3.8, 4) is 16.9 Å². The summed E-state index contributed by atoms with van der Waals surface area (Å²) in [6.45, 7) is 0.283. The summed E-state index contributed by atoms with van der Waals surface area (Å²) >= 11 is 0. The van der Waals surface area contributed by atoms with Crippen LogP contribution in [0.2, 0.25) is 0 Å². The van der Waals surface area contributed by atoms with Crippen molar-refractivity contribution in [2.75, 3.05) is 0 Å². The van der Waals surface area contributed by atoms with Gasteiger partial charge in [-0.05, 0) is 40.5 Å². The van der Waals surface area contributed by atoms with Crippen LogP contribution in [-0.2, 0) is 19.3 Å². The summed E-state index contributed by atoms with van der Waals surface area (Å²) in [4.78, 5) is 0. The number of hydrogen-bond donors (Lipinski definition) is 1. The molecule has 0 atom stereocenters. The Balaban J connectivity index is 1.78. The van der Waals surface area contributed by atoms with Gasteiger partial charge in [-0.2, -0.15) is 13.2 Å². The maximum atomic E-state index is 13.2. The largest absolute Gasteiger partial charge is 0.489 e. The van der Waals surface area contributed by atoms with Gasteiger partial charge in [0.1, 0.15) is 12.4 Å². The van der Waals surface area contributed by atoms with E-state index in [1.54, 1.807) is 30.3 Å². The molecule has 0 amide bonds. The lowest BCUT2D eigenvalue weighted by Crippen LogP contribution is -2.12. The van der Waals surface area contributed by atoms with E-state index in [1.807, 2.05) is 30.3 Å². The third-order valence-corrected chi connectivity index (χ3v) is 4.07. The molecule has 0 aliphatic rings. The van der Waals surface area contributed by atoms with E-state index in [-0.39, 0.29) is 12.1 Å². The molecule has 2 N–H and O–H groups in total. The number of nitrogens with two attached hydrogens (primary N) is 1. The maximum absolute atomic E-state index is 13.2. The summed E-state index contributed by atoms with van der Waals surface area (Å²) in [5, 5.41) is 0. The van der Waals surface area contributed by atoms with Crippen molar-refractivity contribution in [3.05, 3.63) is 89.5 Å². The fourth-order valence-corrected chi connectivity index (χ4v) is 2.68. The Labute approximate surface area is 150 Å². The summed E-state index contributed by atoms with van der Waals surface area (Å²) in [5.41, 5.74) is 7.04. The summed E-state index contributed by atoms with van der Waals surface area (Å²) in [7, 11) is 0. The first-order valence-corrected chi connectivity index (χ1v) is 8.15. The van der Waals surface area contributed by atoms with Crippen LogP contribution in [-0.4, -0.2) is 0 Å². The molecule has 0 saturated carbocycles. The zero-order valence-electron chi connectivity index (χ0n) is 14.0. The molecule has 0 saturated heterocycles. The monoisotopic (exact) mass is 357 g/mol. The summed E-state index contributed by atoms with van der Waals surface area (Å²) in [6.07, 6.45) is -4.43. The smallest absolute Gasteiger partial charge is 0.416 e. The molecule has 134 valence electrons. The lowest BCUT2D eigenvalue weighted by Gasteiger charge is -2.14. The van der Waals surface area contributed by atoms with Crippen LogP contribution in [0.3, 0.4) is 0 Å². The minimum Gasteiger partial charge on any atom is -0.489 e. The lowest BCUT2D eigenvalue weighted by atomic mass is 9.98. The summed E-state index contributed by atoms with van der Waals surface area (Å²) in [5.74, 6) is 0.659. The molecule has 0 unspecified atom stereocenters. The number of halogens is 3. The highest BCUT2D eigenvalue weighted by Crippen LogP contribution is 2.35. The summed E-state index contributed by atoms with van der Waals surface area (Å²) in [6, 6.07) is 21.0. The van der Waals surface area contributed by atoms with Crippen LogP contribution in [0.5, 0.6) is 5.75 Å². The SMILES string of the molecule is NCc1ccc(-c2ccc(OCc3ccccc3)cc2)cc1C(F)(F)F. The first kappa shape index (κ1) is 18.0. The molecule has 0 fully saturated rings. The second-order valence-corrected chi connectivity index (χ2v) is 5.87. The minimum absolute atomic E-state index is 0.0871. The molecule has 0 radical (unpaired) electrons. The third-order valence-electron chi connectivity index (χ3n) is 4.07. The molecular formula is C21H18F3NO. The molecule has 0 spiro atoms. The van der Waals surface area contributed by atoms with Crippen LogP contribution in [0.1, 0.15) is 16.7 Å². The normalized spacial score (nSPS) is 11.4. The van der Waals surface area contributed by atoms with E-state index in [2.05, 4.69) is 0 Å². The van der Waals surface area contributed by atoms with Crippen LogP contribution in [0, 0.1) is 0 Å². The fourth-order valence-electron chi connectivity index (χ4n) is 2.68. The molecule has 3 aromatic rings. The Morgan fingerprint density at radius 1 is 0.808 bits per heavy atom. The Hall–Kier alpha value is -2.79. The molecule has 0 aliphatic heterocycles. The van der Waals surface area contributed by atoms with Gasteiger partial charge in [0.15, 0.2) is 0 Å². The molecule has 3 aromatic carbocycles. The molecule has 0 heterocycles. The molecule has 3 rings (SSSR count). The third kappa shape index (κ3) is 4.24. The molecule has 2 nitrogen and oxygen atoms in total. The van der Waals surface area contributed by atoms with E-state index < -0.39 is 11.7 Å². The Morgan fingerprint density at radius 2 is 1.46 bits per heavy atom. The van der Waals surface area contributed by atoms with Crippen molar-refractivity contribution in [2.45, 2.75) is 19.3 Å². The minimum atomic E-state index is -4.43. The predicted molar refractivity (Wildman–Crippen MR) is 95.5 cm³/mol. The van der Waals surface area contributed by atoms with Crippen molar-refractivity contribution < 1.29 is 17.9 Å². The van der Waals surface area contributed by atoms with Crippen molar-refractivity contribution in [3.63, 3.8) is 0 Å². The highest BCUT2D eigenvalue weighted by Gasteiger charge is 2.33. The van der Waals surface area contributed by atoms with Gasteiger partial charge in [0.2, 0.25) is 0 Å². The molecule has 5 heteroatoms. The van der Waals surface area contributed by atoms with E-state index in [0.717, 1.165) is 11.6 Å². The number of hydrogen-bond acceptors (Lipinski definition) is 2. The van der Waals surface area contributed by atoms with E-state index in [4.69, 9.17) is 10.5 Å². The molecule has 26 heavy (non-hydrogen) atoms. The number of rotatable bonds is 5. The van der Waals surface area contributed by atoms with Crippen molar-refractivity contribution in [2.24, 2.45) is 5.73 Å². The van der Waals surface area contributed by atoms with Crippen LogP contribution >= 0.6 is 0 Å². The van der Waals surface area contributed by atoms with Crippen LogP contribution in [0.4, 0.5) is 13.2 Å². The van der Waals surface area contributed by atoms with Gasteiger partial charge in [0.05, 0.1) is 5.56 Å². The van der Waals surface area contributed by atoms with Gasteiger partial charge in [-0.1, -0.05) is 54.6 Å².